The van der Waals surface area contributed by atoms with E-state index in [4.69, 9.17) is 0 Å². The third-order valence-corrected chi connectivity index (χ3v) is 3.10. The fraction of sp³-hybridized carbons (Fsp3) is 0.643. The van der Waals surface area contributed by atoms with Crippen molar-refractivity contribution in [3.05, 3.63) is 18.0 Å². The number of hydrogen-bond acceptors (Lipinski definition) is 4. The molecule has 1 amide bonds. The lowest BCUT2D eigenvalue weighted by Gasteiger charge is -2.20. The normalized spacial score (nSPS) is 10.3. The largest absolute Gasteiger partial charge is 0.341 e. The summed E-state index contributed by atoms with van der Waals surface area (Å²) in [6.07, 6.45) is 3.74. The molecule has 1 aromatic heterocycles. The minimum absolute atomic E-state index is 0.0377. The SMILES string of the molecule is CCCCN(C)C(=O)c1ccnc(N(CC)CC)n1. The molecule has 106 valence electrons. The average Bonchev–Trinajstić information content (AvgIpc) is 2.45. The van der Waals surface area contributed by atoms with Crippen molar-refractivity contribution in [3.8, 4) is 0 Å². The second kappa shape index (κ2) is 7.71. The van der Waals surface area contributed by atoms with E-state index in [0.717, 1.165) is 32.5 Å². The lowest BCUT2D eigenvalue weighted by atomic mass is 10.3. The first-order valence-electron chi connectivity index (χ1n) is 6.97. The molecule has 0 atom stereocenters. The van der Waals surface area contributed by atoms with Crippen molar-refractivity contribution >= 4 is 11.9 Å². The predicted octanol–water partition coefficient (Wildman–Crippen LogP) is 2.19. The van der Waals surface area contributed by atoms with Crippen molar-refractivity contribution in [1.29, 1.82) is 0 Å². The Hall–Kier alpha value is -1.65. The molecule has 0 N–H and O–H groups in total. The molecule has 0 fully saturated rings. The van der Waals surface area contributed by atoms with Gasteiger partial charge in [-0.25, -0.2) is 9.97 Å². The predicted molar refractivity (Wildman–Crippen MR) is 77.5 cm³/mol. The van der Waals surface area contributed by atoms with E-state index in [1.807, 2.05) is 11.9 Å². The number of aromatic nitrogens is 2. The molecular formula is C14H24N4O. The summed E-state index contributed by atoms with van der Waals surface area (Å²) in [6.45, 7) is 8.64. The molecule has 0 aliphatic rings. The second-order valence-electron chi connectivity index (χ2n) is 4.49. The van der Waals surface area contributed by atoms with Gasteiger partial charge in [-0.3, -0.25) is 4.79 Å². The molecule has 0 saturated heterocycles. The zero-order valence-electron chi connectivity index (χ0n) is 12.4. The van der Waals surface area contributed by atoms with Crippen molar-refractivity contribution in [1.82, 2.24) is 14.9 Å². The van der Waals surface area contributed by atoms with Crippen molar-refractivity contribution in [2.24, 2.45) is 0 Å². The molecule has 5 heteroatoms. The van der Waals surface area contributed by atoms with E-state index >= 15 is 0 Å². The number of anilines is 1. The number of hydrogen-bond donors (Lipinski definition) is 0. The van der Waals surface area contributed by atoms with E-state index in [0.29, 0.717) is 11.6 Å². The maximum Gasteiger partial charge on any atom is 0.272 e. The van der Waals surface area contributed by atoms with E-state index in [1.165, 1.54) is 0 Å². The first-order chi connectivity index (χ1) is 9.13. The molecule has 0 aromatic carbocycles. The van der Waals surface area contributed by atoms with E-state index in [-0.39, 0.29) is 5.91 Å². The Bertz CT molecular complexity index is 404. The van der Waals surface area contributed by atoms with Crippen LogP contribution in [-0.2, 0) is 0 Å². The van der Waals surface area contributed by atoms with Gasteiger partial charge >= 0.3 is 0 Å². The highest BCUT2D eigenvalue weighted by molar-refractivity contribution is 5.92. The minimum atomic E-state index is -0.0377. The van der Waals surface area contributed by atoms with Gasteiger partial charge in [0.15, 0.2) is 0 Å². The molecule has 1 aromatic rings. The molecule has 0 bridgehead atoms. The lowest BCUT2D eigenvalue weighted by Crippen LogP contribution is -2.30. The Morgan fingerprint density at radius 2 is 1.95 bits per heavy atom. The molecule has 0 aliphatic carbocycles. The van der Waals surface area contributed by atoms with Crippen LogP contribution in [0.1, 0.15) is 44.1 Å². The van der Waals surface area contributed by atoms with Gasteiger partial charge in [-0.1, -0.05) is 13.3 Å². The molecule has 5 nitrogen and oxygen atoms in total. The minimum Gasteiger partial charge on any atom is -0.341 e. The Kier molecular flexibility index (Phi) is 6.25. The summed E-state index contributed by atoms with van der Waals surface area (Å²) in [5.41, 5.74) is 0.468. The second-order valence-corrected chi connectivity index (χ2v) is 4.49. The molecule has 0 saturated carbocycles. The fourth-order valence-electron chi connectivity index (χ4n) is 1.82. The number of nitrogens with zero attached hydrogens (tertiary/aromatic N) is 4. The van der Waals surface area contributed by atoms with Gasteiger partial charge in [0.25, 0.3) is 5.91 Å². The van der Waals surface area contributed by atoms with Gasteiger partial charge in [-0.15, -0.1) is 0 Å². The third kappa shape index (κ3) is 4.19. The van der Waals surface area contributed by atoms with Gasteiger partial charge in [0, 0.05) is 32.9 Å². The first-order valence-corrected chi connectivity index (χ1v) is 6.97. The topological polar surface area (TPSA) is 49.3 Å². The highest BCUT2D eigenvalue weighted by Gasteiger charge is 2.15. The van der Waals surface area contributed by atoms with Crippen LogP contribution in [0, 0.1) is 0 Å². The Morgan fingerprint density at radius 3 is 2.53 bits per heavy atom. The van der Waals surface area contributed by atoms with E-state index in [9.17, 15) is 4.79 Å². The van der Waals surface area contributed by atoms with Crippen LogP contribution < -0.4 is 4.90 Å². The maximum atomic E-state index is 12.2. The van der Waals surface area contributed by atoms with Crippen molar-refractivity contribution < 1.29 is 4.79 Å². The first kappa shape index (κ1) is 15.4. The summed E-state index contributed by atoms with van der Waals surface area (Å²) in [6, 6.07) is 1.68. The number of amides is 1. The summed E-state index contributed by atoms with van der Waals surface area (Å²) in [4.78, 5) is 24.6. The summed E-state index contributed by atoms with van der Waals surface area (Å²) < 4.78 is 0. The van der Waals surface area contributed by atoms with Crippen molar-refractivity contribution in [2.45, 2.75) is 33.6 Å². The van der Waals surface area contributed by atoms with Crippen LogP contribution in [0.2, 0.25) is 0 Å². The number of unbranched alkanes of at least 4 members (excludes halogenated alkanes) is 1. The van der Waals surface area contributed by atoms with Gasteiger partial charge in [0.1, 0.15) is 5.69 Å². The molecule has 1 rings (SSSR count). The smallest absolute Gasteiger partial charge is 0.272 e. The van der Waals surface area contributed by atoms with Crippen LogP contribution in [-0.4, -0.2) is 47.5 Å². The van der Waals surface area contributed by atoms with Gasteiger partial charge in [-0.2, -0.15) is 0 Å². The van der Waals surface area contributed by atoms with Gasteiger partial charge in [-0.05, 0) is 26.3 Å². The Balaban J connectivity index is 2.83. The summed E-state index contributed by atoms with van der Waals surface area (Å²) >= 11 is 0. The summed E-state index contributed by atoms with van der Waals surface area (Å²) in [7, 11) is 1.82. The van der Waals surface area contributed by atoms with Crippen LogP contribution in [0.5, 0.6) is 0 Å². The van der Waals surface area contributed by atoms with Gasteiger partial charge in [0.05, 0.1) is 0 Å². The van der Waals surface area contributed by atoms with E-state index < -0.39 is 0 Å². The standard InChI is InChI=1S/C14H24N4O/c1-5-8-11-17(4)13(19)12-9-10-15-14(16-12)18(6-2)7-3/h9-10H,5-8,11H2,1-4H3. The quantitative estimate of drug-likeness (QED) is 0.757. The Labute approximate surface area is 115 Å². The van der Waals surface area contributed by atoms with Crippen molar-refractivity contribution in [3.63, 3.8) is 0 Å². The highest BCUT2D eigenvalue weighted by atomic mass is 16.2. The fourth-order valence-corrected chi connectivity index (χ4v) is 1.82. The Morgan fingerprint density at radius 1 is 1.26 bits per heavy atom. The van der Waals surface area contributed by atoms with E-state index in [1.54, 1.807) is 17.2 Å². The average molecular weight is 264 g/mol. The van der Waals surface area contributed by atoms with Crippen LogP contribution in [0.4, 0.5) is 5.95 Å². The summed E-state index contributed by atoms with van der Waals surface area (Å²) in [5, 5.41) is 0. The van der Waals surface area contributed by atoms with Gasteiger partial charge in [0.2, 0.25) is 5.95 Å². The van der Waals surface area contributed by atoms with Crippen LogP contribution in [0.3, 0.4) is 0 Å². The monoisotopic (exact) mass is 264 g/mol. The lowest BCUT2D eigenvalue weighted by molar-refractivity contribution is 0.0787. The zero-order chi connectivity index (χ0) is 14.3. The van der Waals surface area contributed by atoms with Gasteiger partial charge < -0.3 is 9.80 Å². The van der Waals surface area contributed by atoms with Crippen LogP contribution in [0.25, 0.3) is 0 Å². The number of rotatable bonds is 7. The molecule has 0 aliphatic heterocycles. The maximum absolute atomic E-state index is 12.2. The molecule has 0 unspecified atom stereocenters. The molecule has 19 heavy (non-hydrogen) atoms. The zero-order valence-corrected chi connectivity index (χ0v) is 12.4. The van der Waals surface area contributed by atoms with Crippen LogP contribution in [0.15, 0.2) is 12.3 Å². The molecule has 1 heterocycles. The molecule has 0 radical (unpaired) electrons. The van der Waals surface area contributed by atoms with E-state index in [2.05, 4.69) is 30.7 Å². The number of carbonyl (C=O) groups excluding carboxylic acids is 1. The number of carbonyl (C=O) groups is 1. The van der Waals surface area contributed by atoms with Crippen molar-refractivity contribution in [2.75, 3.05) is 31.6 Å². The summed E-state index contributed by atoms with van der Waals surface area (Å²) in [5.74, 6) is 0.587. The third-order valence-electron chi connectivity index (χ3n) is 3.10. The molecule has 0 spiro atoms. The van der Waals surface area contributed by atoms with Crippen LogP contribution >= 0.6 is 0 Å². The highest BCUT2D eigenvalue weighted by Crippen LogP contribution is 2.09. The molecular weight excluding hydrogens is 240 g/mol.